The highest BCUT2D eigenvalue weighted by molar-refractivity contribution is 6.02. The zero-order chi connectivity index (χ0) is 19.4. The Morgan fingerprint density at radius 1 is 1.04 bits per heavy atom. The van der Waals surface area contributed by atoms with Crippen molar-refractivity contribution in [3.05, 3.63) is 53.7 Å². The van der Waals surface area contributed by atoms with Crippen LogP contribution in [-0.2, 0) is 0 Å². The number of aromatic nitrogens is 1. The van der Waals surface area contributed by atoms with Crippen molar-refractivity contribution >= 4 is 16.8 Å². The van der Waals surface area contributed by atoms with E-state index in [0.717, 1.165) is 5.39 Å². The number of benzene rings is 2. The summed E-state index contributed by atoms with van der Waals surface area (Å²) in [5, 5.41) is 3.74. The van der Waals surface area contributed by atoms with Crippen molar-refractivity contribution in [2.24, 2.45) is 0 Å². The van der Waals surface area contributed by atoms with Gasteiger partial charge in [-0.25, -0.2) is 0 Å². The Morgan fingerprint density at radius 2 is 1.74 bits per heavy atom. The van der Waals surface area contributed by atoms with Gasteiger partial charge in [-0.05, 0) is 17.5 Å². The van der Waals surface area contributed by atoms with Crippen LogP contribution in [0.4, 0.5) is 0 Å². The molecule has 1 amide bonds. The van der Waals surface area contributed by atoms with E-state index in [4.69, 9.17) is 14.2 Å². The number of H-pyrrole nitrogens is 1. The normalized spacial score (nSPS) is 11.9. The molecule has 1 aromatic heterocycles. The highest BCUT2D eigenvalue weighted by Gasteiger charge is 2.19. The van der Waals surface area contributed by atoms with Gasteiger partial charge < -0.3 is 24.5 Å². The first-order valence-electron chi connectivity index (χ1n) is 8.73. The molecule has 142 valence electrons. The van der Waals surface area contributed by atoms with Crippen molar-refractivity contribution in [2.45, 2.75) is 12.8 Å². The van der Waals surface area contributed by atoms with Gasteiger partial charge in [0.25, 0.3) is 5.91 Å². The van der Waals surface area contributed by atoms with Crippen LogP contribution in [0.1, 0.15) is 28.9 Å². The Hall–Kier alpha value is -3.15. The zero-order valence-electron chi connectivity index (χ0n) is 16.0. The lowest BCUT2D eigenvalue weighted by Gasteiger charge is -2.12. The van der Waals surface area contributed by atoms with Gasteiger partial charge in [0.05, 0.1) is 26.8 Å². The first kappa shape index (κ1) is 18.6. The fourth-order valence-electron chi connectivity index (χ4n) is 3.10. The number of fused-ring (bicyclic) bond motifs is 1. The lowest BCUT2D eigenvalue weighted by Crippen LogP contribution is -2.27. The maximum atomic E-state index is 12.6. The monoisotopic (exact) mass is 368 g/mol. The quantitative estimate of drug-likeness (QED) is 0.667. The molecule has 0 aliphatic rings. The van der Waals surface area contributed by atoms with Gasteiger partial charge in [0.1, 0.15) is 11.4 Å². The molecule has 0 spiro atoms. The summed E-state index contributed by atoms with van der Waals surface area (Å²) in [6, 6.07) is 13.6. The number of hydrogen-bond donors (Lipinski definition) is 2. The summed E-state index contributed by atoms with van der Waals surface area (Å²) in [5.74, 6) is 1.70. The second-order valence-electron chi connectivity index (χ2n) is 6.31. The molecule has 3 rings (SSSR count). The number of hydrogen-bond acceptors (Lipinski definition) is 4. The van der Waals surface area contributed by atoms with Crippen LogP contribution in [-0.4, -0.2) is 38.8 Å². The van der Waals surface area contributed by atoms with Crippen molar-refractivity contribution in [3.8, 4) is 17.2 Å². The molecule has 0 saturated heterocycles. The number of aromatic amines is 1. The molecule has 1 atom stereocenters. The molecule has 6 heteroatoms. The van der Waals surface area contributed by atoms with E-state index in [1.165, 1.54) is 5.56 Å². The third-order valence-corrected chi connectivity index (χ3v) is 4.62. The fourth-order valence-corrected chi connectivity index (χ4v) is 3.10. The van der Waals surface area contributed by atoms with Crippen LogP contribution < -0.4 is 19.5 Å². The number of amides is 1. The van der Waals surface area contributed by atoms with Gasteiger partial charge >= 0.3 is 0 Å². The standard InChI is InChI=1S/C21H24N2O4/c1-13(14-8-6-5-7-9-14)12-22-21(24)16-10-15-17(25-2)11-18(26-3)20(27-4)19(15)23-16/h5-11,13,23H,12H2,1-4H3,(H,22,24). The molecule has 27 heavy (non-hydrogen) atoms. The van der Waals surface area contributed by atoms with E-state index in [9.17, 15) is 4.79 Å². The highest BCUT2D eigenvalue weighted by atomic mass is 16.5. The predicted molar refractivity (Wildman–Crippen MR) is 105 cm³/mol. The zero-order valence-corrected chi connectivity index (χ0v) is 16.0. The summed E-state index contributed by atoms with van der Waals surface area (Å²) in [7, 11) is 4.70. The first-order valence-corrected chi connectivity index (χ1v) is 8.73. The van der Waals surface area contributed by atoms with Crippen LogP contribution in [0.5, 0.6) is 17.2 Å². The van der Waals surface area contributed by atoms with Crippen molar-refractivity contribution in [3.63, 3.8) is 0 Å². The van der Waals surface area contributed by atoms with E-state index in [-0.39, 0.29) is 11.8 Å². The third kappa shape index (κ3) is 3.69. The maximum absolute atomic E-state index is 12.6. The Bertz CT molecular complexity index is 934. The van der Waals surface area contributed by atoms with Gasteiger partial charge in [0.2, 0.25) is 0 Å². The summed E-state index contributed by atoms with van der Waals surface area (Å²) in [6.07, 6.45) is 0. The molecule has 0 bridgehead atoms. The molecule has 0 radical (unpaired) electrons. The van der Waals surface area contributed by atoms with Gasteiger partial charge in [-0.2, -0.15) is 0 Å². The van der Waals surface area contributed by atoms with Crippen LogP contribution in [0, 0.1) is 0 Å². The molecule has 0 saturated carbocycles. The van der Waals surface area contributed by atoms with Gasteiger partial charge in [0, 0.05) is 18.0 Å². The summed E-state index contributed by atoms with van der Waals surface area (Å²) < 4.78 is 16.2. The summed E-state index contributed by atoms with van der Waals surface area (Å²) in [6.45, 7) is 2.62. The van der Waals surface area contributed by atoms with Crippen molar-refractivity contribution in [1.29, 1.82) is 0 Å². The molecule has 0 aliphatic heterocycles. The smallest absolute Gasteiger partial charge is 0.267 e. The van der Waals surface area contributed by atoms with Crippen molar-refractivity contribution in [1.82, 2.24) is 10.3 Å². The molecule has 2 N–H and O–H groups in total. The predicted octanol–water partition coefficient (Wildman–Crippen LogP) is 3.73. The Balaban J connectivity index is 1.85. The van der Waals surface area contributed by atoms with E-state index in [1.54, 1.807) is 33.5 Å². The van der Waals surface area contributed by atoms with Gasteiger partial charge in [0.15, 0.2) is 11.5 Å². The molecule has 2 aromatic carbocycles. The number of ether oxygens (including phenoxy) is 3. The number of methoxy groups -OCH3 is 3. The second-order valence-corrected chi connectivity index (χ2v) is 6.31. The average molecular weight is 368 g/mol. The Kier molecular flexibility index (Phi) is 5.54. The first-order chi connectivity index (χ1) is 13.1. The summed E-state index contributed by atoms with van der Waals surface area (Å²) in [5.41, 5.74) is 2.28. The molecular formula is C21H24N2O4. The molecule has 1 heterocycles. The van der Waals surface area contributed by atoms with E-state index in [0.29, 0.717) is 35.0 Å². The maximum Gasteiger partial charge on any atom is 0.267 e. The van der Waals surface area contributed by atoms with Crippen LogP contribution in [0.2, 0.25) is 0 Å². The van der Waals surface area contributed by atoms with E-state index in [2.05, 4.69) is 29.4 Å². The molecular weight excluding hydrogens is 344 g/mol. The molecule has 0 fully saturated rings. The highest BCUT2D eigenvalue weighted by Crippen LogP contribution is 2.41. The molecule has 1 unspecified atom stereocenters. The van der Waals surface area contributed by atoms with Crippen LogP contribution in [0.3, 0.4) is 0 Å². The molecule has 6 nitrogen and oxygen atoms in total. The van der Waals surface area contributed by atoms with E-state index >= 15 is 0 Å². The largest absolute Gasteiger partial charge is 0.496 e. The Labute approximate surface area is 158 Å². The minimum absolute atomic E-state index is 0.183. The fraction of sp³-hybridized carbons (Fsp3) is 0.286. The summed E-state index contributed by atoms with van der Waals surface area (Å²) in [4.78, 5) is 15.8. The SMILES string of the molecule is COc1cc(OC)c2cc(C(=O)NCC(C)c3ccccc3)[nH]c2c1OC. The van der Waals surface area contributed by atoms with Gasteiger partial charge in [-0.3, -0.25) is 4.79 Å². The van der Waals surface area contributed by atoms with Crippen LogP contribution >= 0.6 is 0 Å². The average Bonchev–Trinajstić information content (AvgIpc) is 3.16. The number of rotatable bonds is 7. The molecule has 0 aliphatic carbocycles. The van der Waals surface area contributed by atoms with Crippen molar-refractivity contribution in [2.75, 3.05) is 27.9 Å². The molecule has 3 aromatic rings. The van der Waals surface area contributed by atoms with Gasteiger partial charge in [-0.15, -0.1) is 0 Å². The number of nitrogens with one attached hydrogen (secondary N) is 2. The van der Waals surface area contributed by atoms with Gasteiger partial charge in [-0.1, -0.05) is 37.3 Å². The number of carbonyl (C=O) groups is 1. The topological polar surface area (TPSA) is 72.6 Å². The lowest BCUT2D eigenvalue weighted by molar-refractivity contribution is 0.0947. The Morgan fingerprint density at radius 3 is 2.37 bits per heavy atom. The van der Waals surface area contributed by atoms with Crippen LogP contribution in [0.15, 0.2) is 42.5 Å². The minimum atomic E-state index is -0.183. The third-order valence-electron chi connectivity index (χ3n) is 4.62. The van der Waals surface area contributed by atoms with E-state index < -0.39 is 0 Å². The van der Waals surface area contributed by atoms with E-state index in [1.807, 2.05) is 18.2 Å². The van der Waals surface area contributed by atoms with Crippen molar-refractivity contribution < 1.29 is 19.0 Å². The lowest BCUT2D eigenvalue weighted by atomic mass is 10.0. The number of carbonyl (C=O) groups excluding carboxylic acids is 1. The van der Waals surface area contributed by atoms with Crippen LogP contribution in [0.25, 0.3) is 10.9 Å². The summed E-state index contributed by atoms with van der Waals surface area (Å²) >= 11 is 0. The second kappa shape index (κ2) is 8.03. The minimum Gasteiger partial charge on any atom is -0.496 e.